The van der Waals surface area contributed by atoms with Crippen molar-refractivity contribution in [1.82, 2.24) is 4.98 Å². The van der Waals surface area contributed by atoms with Gasteiger partial charge in [-0.3, -0.25) is 0 Å². The largest absolute Gasteiger partial charge is 0.481 e. The average Bonchev–Trinajstić information content (AvgIpc) is 2.40. The molecule has 0 saturated carbocycles. The van der Waals surface area contributed by atoms with Crippen LogP contribution in [-0.2, 0) is 6.54 Å². The fourth-order valence-corrected chi connectivity index (χ4v) is 2.08. The number of rotatable bonds is 4. The number of pyridine rings is 1. The second-order valence-electron chi connectivity index (χ2n) is 3.99. The van der Waals surface area contributed by atoms with E-state index in [-0.39, 0.29) is 0 Å². The third-order valence-electron chi connectivity index (χ3n) is 2.64. The molecule has 0 unspecified atom stereocenters. The minimum Gasteiger partial charge on any atom is -0.481 e. The van der Waals surface area contributed by atoms with E-state index in [1.165, 1.54) is 9.13 Å². The zero-order chi connectivity index (χ0) is 13.0. The minimum atomic E-state index is 0.646. The zero-order valence-electron chi connectivity index (χ0n) is 10.4. The molecule has 94 valence electrons. The van der Waals surface area contributed by atoms with Crippen molar-refractivity contribution in [3.05, 3.63) is 51.2 Å². The van der Waals surface area contributed by atoms with Crippen LogP contribution in [0.3, 0.4) is 0 Å². The Morgan fingerprint density at radius 1 is 1.28 bits per heavy atom. The van der Waals surface area contributed by atoms with Crippen LogP contribution in [0.5, 0.6) is 5.88 Å². The molecule has 2 aromatic rings. The lowest BCUT2D eigenvalue weighted by atomic mass is 10.2. The van der Waals surface area contributed by atoms with Crippen LogP contribution in [0.2, 0.25) is 0 Å². The first-order chi connectivity index (χ1) is 8.69. The maximum atomic E-state index is 5.10. The fraction of sp³-hybridized carbons (Fsp3) is 0.214. The number of methoxy groups -OCH3 is 1. The van der Waals surface area contributed by atoms with Gasteiger partial charge in [-0.15, -0.1) is 0 Å². The van der Waals surface area contributed by atoms with Crippen LogP contribution in [-0.4, -0.2) is 12.1 Å². The molecule has 2 rings (SSSR count). The molecule has 3 nitrogen and oxygen atoms in total. The predicted octanol–water partition coefficient (Wildman–Crippen LogP) is 3.62. The first kappa shape index (κ1) is 13.1. The Labute approximate surface area is 121 Å². The van der Waals surface area contributed by atoms with Gasteiger partial charge in [0.1, 0.15) is 0 Å². The van der Waals surface area contributed by atoms with Crippen molar-refractivity contribution < 1.29 is 4.74 Å². The number of nitrogens with zero attached hydrogens (tertiary/aromatic N) is 1. The number of anilines is 1. The van der Waals surface area contributed by atoms with Gasteiger partial charge in [-0.2, -0.15) is 0 Å². The van der Waals surface area contributed by atoms with E-state index in [1.807, 2.05) is 18.2 Å². The monoisotopic (exact) mass is 354 g/mol. The first-order valence-electron chi connectivity index (χ1n) is 5.69. The second-order valence-corrected chi connectivity index (χ2v) is 5.15. The highest BCUT2D eigenvalue weighted by molar-refractivity contribution is 14.1. The molecule has 0 aliphatic rings. The highest BCUT2D eigenvalue weighted by Crippen LogP contribution is 2.17. The number of ether oxygens (including phenoxy) is 1. The summed E-state index contributed by atoms with van der Waals surface area (Å²) in [5.41, 5.74) is 3.36. The molecular formula is C14H15IN2O. The standard InChI is InChI=1S/C14H15IN2O/c1-10-6-7-11(8-13(10)15)16-9-12-4-3-5-14(17-12)18-2/h3-8,16H,9H2,1-2H3. The molecule has 0 amide bonds. The first-order valence-corrected chi connectivity index (χ1v) is 6.77. The molecule has 0 saturated heterocycles. The Hall–Kier alpha value is -1.30. The normalized spacial score (nSPS) is 10.2. The van der Waals surface area contributed by atoms with Crippen LogP contribution in [0.15, 0.2) is 36.4 Å². The highest BCUT2D eigenvalue weighted by atomic mass is 127. The summed E-state index contributed by atoms with van der Waals surface area (Å²) in [6, 6.07) is 12.1. The molecule has 18 heavy (non-hydrogen) atoms. The van der Waals surface area contributed by atoms with Crippen LogP contribution < -0.4 is 10.1 Å². The second kappa shape index (κ2) is 6.04. The molecule has 0 spiro atoms. The van der Waals surface area contributed by atoms with Crippen molar-refractivity contribution in [3.63, 3.8) is 0 Å². The van der Waals surface area contributed by atoms with Crippen LogP contribution in [0, 0.1) is 10.5 Å². The summed E-state index contributed by atoms with van der Waals surface area (Å²) in [6.07, 6.45) is 0. The number of hydrogen-bond donors (Lipinski definition) is 1. The number of halogens is 1. The average molecular weight is 354 g/mol. The van der Waals surface area contributed by atoms with Crippen molar-refractivity contribution in [2.45, 2.75) is 13.5 Å². The van der Waals surface area contributed by atoms with Gasteiger partial charge in [0, 0.05) is 15.3 Å². The van der Waals surface area contributed by atoms with Crippen molar-refractivity contribution in [3.8, 4) is 5.88 Å². The summed E-state index contributed by atoms with van der Waals surface area (Å²) in [6.45, 7) is 2.80. The van der Waals surface area contributed by atoms with Gasteiger partial charge in [0.05, 0.1) is 19.3 Å². The van der Waals surface area contributed by atoms with E-state index >= 15 is 0 Å². The fourth-order valence-electron chi connectivity index (χ4n) is 1.57. The van der Waals surface area contributed by atoms with Crippen molar-refractivity contribution >= 4 is 28.3 Å². The number of aromatic nitrogens is 1. The quantitative estimate of drug-likeness (QED) is 0.852. The Morgan fingerprint density at radius 3 is 2.83 bits per heavy atom. The molecule has 0 aliphatic heterocycles. The number of hydrogen-bond acceptors (Lipinski definition) is 3. The molecule has 1 heterocycles. The lowest BCUT2D eigenvalue weighted by Crippen LogP contribution is -2.02. The summed E-state index contributed by atoms with van der Waals surface area (Å²) in [7, 11) is 1.63. The van der Waals surface area contributed by atoms with Crippen molar-refractivity contribution in [1.29, 1.82) is 0 Å². The van der Waals surface area contributed by atoms with Gasteiger partial charge in [-0.05, 0) is 53.3 Å². The van der Waals surface area contributed by atoms with Crippen molar-refractivity contribution in [2.75, 3.05) is 12.4 Å². The topological polar surface area (TPSA) is 34.1 Å². The van der Waals surface area contributed by atoms with E-state index in [1.54, 1.807) is 7.11 Å². The zero-order valence-corrected chi connectivity index (χ0v) is 12.6. The third kappa shape index (κ3) is 3.35. The van der Waals surface area contributed by atoms with Gasteiger partial charge in [0.2, 0.25) is 5.88 Å². The van der Waals surface area contributed by atoms with Gasteiger partial charge >= 0.3 is 0 Å². The summed E-state index contributed by atoms with van der Waals surface area (Å²) in [5.74, 6) is 0.646. The lowest BCUT2D eigenvalue weighted by Gasteiger charge is -2.08. The van der Waals surface area contributed by atoms with E-state index in [4.69, 9.17) is 4.74 Å². The maximum Gasteiger partial charge on any atom is 0.213 e. The molecule has 0 fully saturated rings. The molecule has 0 bridgehead atoms. The molecule has 1 aromatic heterocycles. The molecule has 1 N–H and O–H groups in total. The van der Waals surface area contributed by atoms with Crippen LogP contribution in [0.1, 0.15) is 11.3 Å². The summed E-state index contributed by atoms with van der Waals surface area (Å²) < 4.78 is 6.36. The highest BCUT2D eigenvalue weighted by Gasteiger charge is 2.00. The lowest BCUT2D eigenvalue weighted by molar-refractivity contribution is 0.396. The number of nitrogens with one attached hydrogen (secondary N) is 1. The molecule has 0 aliphatic carbocycles. The van der Waals surface area contributed by atoms with Gasteiger partial charge in [-0.25, -0.2) is 4.98 Å². The van der Waals surface area contributed by atoms with Crippen molar-refractivity contribution in [2.24, 2.45) is 0 Å². The predicted molar refractivity (Wildman–Crippen MR) is 82.0 cm³/mol. The Balaban J connectivity index is 2.04. The van der Waals surface area contributed by atoms with Crippen LogP contribution >= 0.6 is 22.6 Å². The summed E-state index contributed by atoms with van der Waals surface area (Å²) >= 11 is 2.34. The van der Waals surface area contributed by atoms with E-state index < -0.39 is 0 Å². The van der Waals surface area contributed by atoms with Gasteiger partial charge in [0.25, 0.3) is 0 Å². The smallest absolute Gasteiger partial charge is 0.213 e. The third-order valence-corrected chi connectivity index (χ3v) is 3.80. The molecular weight excluding hydrogens is 339 g/mol. The molecule has 1 aromatic carbocycles. The number of benzene rings is 1. The van der Waals surface area contributed by atoms with Crippen LogP contribution in [0.4, 0.5) is 5.69 Å². The Kier molecular flexibility index (Phi) is 4.41. The summed E-state index contributed by atoms with van der Waals surface area (Å²) in [4.78, 5) is 4.36. The molecule has 0 radical (unpaired) electrons. The van der Waals surface area contributed by atoms with Gasteiger partial charge in [0.15, 0.2) is 0 Å². The van der Waals surface area contributed by atoms with E-state index in [0.29, 0.717) is 12.4 Å². The van der Waals surface area contributed by atoms with E-state index in [0.717, 1.165) is 11.4 Å². The van der Waals surface area contributed by atoms with E-state index in [2.05, 4.69) is 58.0 Å². The van der Waals surface area contributed by atoms with Gasteiger partial charge < -0.3 is 10.1 Å². The van der Waals surface area contributed by atoms with Gasteiger partial charge in [-0.1, -0.05) is 12.1 Å². The SMILES string of the molecule is COc1cccc(CNc2ccc(C)c(I)c2)n1. The summed E-state index contributed by atoms with van der Waals surface area (Å²) in [5, 5.41) is 3.36. The Bertz CT molecular complexity index is 543. The number of aryl methyl sites for hydroxylation is 1. The molecule has 0 atom stereocenters. The van der Waals surface area contributed by atoms with Crippen LogP contribution in [0.25, 0.3) is 0 Å². The molecule has 4 heteroatoms. The minimum absolute atomic E-state index is 0.646. The Morgan fingerprint density at radius 2 is 2.11 bits per heavy atom. The van der Waals surface area contributed by atoms with E-state index in [9.17, 15) is 0 Å². The maximum absolute atomic E-state index is 5.10.